The van der Waals surface area contributed by atoms with Crippen LogP contribution in [0.15, 0.2) is 103 Å². The molecule has 0 saturated heterocycles. The minimum Gasteiger partial charge on any atom is -0.497 e. The van der Waals surface area contributed by atoms with Crippen molar-refractivity contribution in [1.82, 2.24) is 14.9 Å². The molecule has 0 spiro atoms. The zero-order valence-electron chi connectivity index (χ0n) is 21.3. The number of ether oxygens (including phenoxy) is 1. The molecule has 1 atom stereocenters. The van der Waals surface area contributed by atoms with E-state index < -0.39 is 0 Å². The number of rotatable bonds is 10. The lowest BCUT2D eigenvalue weighted by Gasteiger charge is -2.17. The maximum Gasteiger partial charge on any atom is 0.220 e. The second-order valence-electron chi connectivity index (χ2n) is 9.31. The molecular formula is C32H30FN3O2. The highest BCUT2D eigenvalue weighted by atomic mass is 19.1. The summed E-state index contributed by atoms with van der Waals surface area (Å²) in [6, 6.07) is 28.5. The Labute approximate surface area is 221 Å². The third-order valence-corrected chi connectivity index (χ3v) is 6.80. The van der Waals surface area contributed by atoms with Crippen LogP contribution in [-0.2, 0) is 17.8 Å². The summed E-state index contributed by atoms with van der Waals surface area (Å²) in [4.78, 5) is 17.5. The fraction of sp³-hybridized carbons (Fsp3) is 0.188. The van der Waals surface area contributed by atoms with Gasteiger partial charge in [-0.1, -0.05) is 48.5 Å². The normalized spacial score (nSPS) is 11.8. The molecule has 0 aliphatic rings. The zero-order valence-corrected chi connectivity index (χ0v) is 21.3. The van der Waals surface area contributed by atoms with Gasteiger partial charge in [-0.2, -0.15) is 0 Å². The second-order valence-corrected chi connectivity index (χ2v) is 9.31. The lowest BCUT2D eigenvalue weighted by atomic mass is 9.88. The Morgan fingerprint density at radius 2 is 1.74 bits per heavy atom. The van der Waals surface area contributed by atoms with Crippen LogP contribution in [0, 0.1) is 5.82 Å². The smallest absolute Gasteiger partial charge is 0.220 e. The minimum absolute atomic E-state index is 0.0535. The number of methoxy groups -OCH3 is 1. The molecular weight excluding hydrogens is 477 g/mol. The average Bonchev–Trinajstić information content (AvgIpc) is 3.31. The molecule has 0 aliphatic heterocycles. The van der Waals surface area contributed by atoms with E-state index in [-0.39, 0.29) is 24.1 Å². The van der Waals surface area contributed by atoms with E-state index >= 15 is 0 Å². The number of carbonyl (C=O) groups is 1. The van der Waals surface area contributed by atoms with Crippen molar-refractivity contribution >= 4 is 16.8 Å². The van der Waals surface area contributed by atoms with E-state index in [1.54, 1.807) is 25.4 Å². The summed E-state index contributed by atoms with van der Waals surface area (Å²) in [6.45, 7) is 1.18. The van der Waals surface area contributed by atoms with Gasteiger partial charge < -0.3 is 14.6 Å². The molecule has 0 saturated carbocycles. The van der Waals surface area contributed by atoms with Crippen molar-refractivity contribution in [2.75, 3.05) is 13.7 Å². The number of halogens is 1. The van der Waals surface area contributed by atoms with Crippen LogP contribution in [-0.4, -0.2) is 29.1 Å². The standard InChI is InChI=1S/C32H30FN3O2/c1-38-27-15-9-23(10-16-27)21-36-22-30(28-7-2-3-8-31(28)36)29(24-11-13-25(33)14-12-24)20-32(37)35-19-17-26-6-4-5-18-34-26/h2-16,18,22,29H,17,19-21H2,1H3,(H,35,37). The van der Waals surface area contributed by atoms with E-state index in [9.17, 15) is 9.18 Å². The number of nitrogens with zero attached hydrogens (tertiary/aromatic N) is 2. The Morgan fingerprint density at radius 1 is 0.974 bits per heavy atom. The number of benzene rings is 3. The SMILES string of the molecule is COc1ccc(Cn2cc(C(CC(=O)NCCc3ccccn3)c3ccc(F)cc3)c3ccccc32)cc1. The van der Waals surface area contributed by atoms with Crippen LogP contribution in [0.5, 0.6) is 5.75 Å². The molecule has 2 heterocycles. The third kappa shape index (κ3) is 5.92. The highest BCUT2D eigenvalue weighted by Crippen LogP contribution is 2.35. The fourth-order valence-electron chi connectivity index (χ4n) is 4.85. The Hall–Kier alpha value is -4.45. The van der Waals surface area contributed by atoms with Gasteiger partial charge in [-0.3, -0.25) is 9.78 Å². The molecule has 2 aromatic heterocycles. The van der Waals surface area contributed by atoms with Crippen LogP contribution in [0.2, 0.25) is 0 Å². The van der Waals surface area contributed by atoms with Gasteiger partial charge in [-0.15, -0.1) is 0 Å². The first-order valence-corrected chi connectivity index (χ1v) is 12.7. The van der Waals surface area contributed by atoms with Crippen molar-refractivity contribution in [3.63, 3.8) is 0 Å². The largest absolute Gasteiger partial charge is 0.497 e. The molecule has 192 valence electrons. The molecule has 1 N–H and O–H groups in total. The van der Waals surface area contributed by atoms with Gasteiger partial charge in [0.05, 0.1) is 7.11 Å². The number of para-hydroxylation sites is 1. The molecule has 6 heteroatoms. The fourth-order valence-corrected chi connectivity index (χ4v) is 4.85. The number of hydrogen-bond acceptors (Lipinski definition) is 3. The van der Waals surface area contributed by atoms with Crippen molar-refractivity contribution in [3.05, 3.63) is 132 Å². The number of pyridine rings is 1. The first-order chi connectivity index (χ1) is 18.6. The number of nitrogens with one attached hydrogen (secondary N) is 1. The molecule has 0 radical (unpaired) electrons. The monoisotopic (exact) mass is 507 g/mol. The zero-order chi connectivity index (χ0) is 26.3. The predicted octanol–water partition coefficient (Wildman–Crippen LogP) is 6.11. The van der Waals surface area contributed by atoms with Crippen molar-refractivity contribution < 1.29 is 13.9 Å². The van der Waals surface area contributed by atoms with Crippen LogP contribution in [0.4, 0.5) is 4.39 Å². The summed E-state index contributed by atoms with van der Waals surface area (Å²) in [6.07, 6.45) is 4.80. The topological polar surface area (TPSA) is 56.1 Å². The van der Waals surface area contributed by atoms with Crippen molar-refractivity contribution in [3.8, 4) is 5.75 Å². The summed E-state index contributed by atoms with van der Waals surface area (Å²) < 4.78 is 21.3. The van der Waals surface area contributed by atoms with E-state index in [4.69, 9.17) is 4.74 Å². The van der Waals surface area contributed by atoms with Crippen molar-refractivity contribution in [2.45, 2.75) is 25.3 Å². The molecule has 0 fully saturated rings. The predicted molar refractivity (Wildman–Crippen MR) is 148 cm³/mol. The number of hydrogen-bond donors (Lipinski definition) is 1. The van der Waals surface area contributed by atoms with Gasteiger partial charge in [0.2, 0.25) is 5.91 Å². The van der Waals surface area contributed by atoms with Gasteiger partial charge in [-0.05, 0) is 59.2 Å². The average molecular weight is 508 g/mol. The molecule has 1 amide bonds. The Bertz CT molecular complexity index is 1500. The highest BCUT2D eigenvalue weighted by molar-refractivity contribution is 5.86. The lowest BCUT2D eigenvalue weighted by molar-refractivity contribution is -0.121. The number of carbonyl (C=O) groups excluding carboxylic acids is 1. The summed E-state index contributed by atoms with van der Waals surface area (Å²) in [7, 11) is 1.66. The van der Waals surface area contributed by atoms with E-state index in [1.165, 1.54) is 12.1 Å². The molecule has 38 heavy (non-hydrogen) atoms. The van der Waals surface area contributed by atoms with Crippen LogP contribution >= 0.6 is 0 Å². The summed E-state index contributed by atoms with van der Waals surface area (Å²) in [5.41, 5.74) is 5.10. The highest BCUT2D eigenvalue weighted by Gasteiger charge is 2.23. The Balaban J connectivity index is 1.43. The molecule has 0 bridgehead atoms. The van der Waals surface area contributed by atoms with Gasteiger partial charge in [0.15, 0.2) is 0 Å². The lowest BCUT2D eigenvalue weighted by Crippen LogP contribution is -2.27. The number of fused-ring (bicyclic) bond motifs is 1. The minimum atomic E-state index is -0.297. The van der Waals surface area contributed by atoms with Crippen LogP contribution in [0.25, 0.3) is 10.9 Å². The Kier molecular flexibility index (Phi) is 7.78. The van der Waals surface area contributed by atoms with Crippen LogP contribution in [0.3, 0.4) is 0 Å². The Morgan fingerprint density at radius 3 is 2.47 bits per heavy atom. The number of aromatic nitrogens is 2. The van der Waals surface area contributed by atoms with Gasteiger partial charge in [0.25, 0.3) is 0 Å². The van der Waals surface area contributed by atoms with E-state index in [1.807, 2.05) is 42.5 Å². The van der Waals surface area contributed by atoms with Crippen molar-refractivity contribution in [1.29, 1.82) is 0 Å². The first kappa shape index (κ1) is 25.2. The van der Waals surface area contributed by atoms with E-state index in [2.05, 4.69) is 45.3 Å². The molecule has 0 aliphatic carbocycles. The van der Waals surface area contributed by atoms with Crippen LogP contribution in [0.1, 0.15) is 34.7 Å². The molecule has 3 aromatic carbocycles. The molecule has 1 unspecified atom stereocenters. The maximum absolute atomic E-state index is 13.8. The van der Waals surface area contributed by atoms with E-state index in [0.717, 1.165) is 39.0 Å². The van der Waals surface area contributed by atoms with Crippen molar-refractivity contribution in [2.24, 2.45) is 0 Å². The third-order valence-electron chi connectivity index (χ3n) is 6.80. The summed E-state index contributed by atoms with van der Waals surface area (Å²) >= 11 is 0. The van der Waals surface area contributed by atoms with Gasteiger partial charge >= 0.3 is 0 Å². The second kappa shape index (κ2) is 11.7. The van der Waals surface area contributed by atoms with E-state index in [0.29, 0.717) is 19.5 Å². The maximum atomic E-state index is 13.8. The van der Waals surface area contributed by atoms with Gasteiger partial charge in [0.1, 0.15) is 11.6 Å². The first-order valence-electron chi connectivity index (χ1n) is 12.7. The molecule has 5 rings (SSSR count). The van der Waals surface area contributed by atoms with Gasteiger partial charge in [-0.25, -0.2) is 4.39 Å². The summed E-state index contributed by atoms with van der Waals surface area (Å²) in [5.74, 6) is 0.237. The van der Waals surface area contributed by atoms with Gasteiger partial charge in [0, 0.05) is 60.8 Å². The number of amides is 1. The quantitative estimate of drug-likeness (QED) is 0.248. The molecule has 5 aromatic rings. The van der Waals surface area contributed by atoms with Crippen LogP contribution < -0.4 is 10.1 Å². The molecule has 5 nitrogen and oxygen atoms in total. The summed E-state index contributed by atoms with van der Waals surface area (Å²) in [5, 5.41) is 4.13.